The molecule has 0 atom stereocenters. The van der Waals surface area contributed by atoms with Crippen molar-refractivity contribution in [2.45, 2.75) is 6.61 Å². The van der Waals surface area contributed by atoms with Crippen LogP contribution in [-0.2, 0) is 6.61 Å². The number of rotatable bonds is 5. The summed E-state index contributed by atoms with van der Waals surface area (Å²) in [6, 6.07) is 15.4. The molecular weight excluding hydrogens is 395 g/mol. The van der Waals surface area contributed by atoms with Crippen molar-refractivity contribution in [1.29, 1.82) is 0 Å². The van der Waals surface area contributed by atoms with E-state index >= 15 is 0 Å². The molecule has 0 fully saturated rings. The highest BCUT2D eigenvalue weighted by Gasteiger charge is 2.06. The van der Waals surface area contributed by atoms with Gasteiger partial charge in [-0.05, 0) is 42.0 Å². The molecule has 0 radical (unpaired) electrons. The fourth-order valence-electron chi connectivity index (χ4n) is 1.91. The van der Waals surface area contributed by atoms with Crippen LogP contribution in [0.5, 0.6) is 11.5 Å². The molecule has 0 bridgehead atoms. The van der Waals surface area contributed by atoms with E-state index in [-0.39, 0.29) is 0 Å². The summed E-state index contributed by atoms with van der Waals surface area (Å²) in [5, 5.41) is 3.88. The Bertz CT molecular complexity index is 739. The van der Waals surface area contributed by atoms with Crippen LogP contribution in [0.1, 0.15) is 5.56 Å². The lowest BCUT2D eigenvalue weighted by molar-refractivity contribution is 0.306. The van der Waals surface area contributed by atoms with Gasteiger partial charge < -0.3 is 14.0 Å². The number of aromatic nitrogens is 2. The van der Waals surface area contributed by atoms with Crippen LogP contribution >= 0.6 is 22.6 Å². The predicted molar refractivity (Wildman–Crippen MR) is 89.8 cm³/mol. The first kappa shape index (κ1) is 14.8. The minimum Gasteiger partial charge on any atom is -0.497 e. The molecule has 0 spiro atoms. The van der Waals surface area contributed by atoms with Gasteiger partial charge >= 0.3 is 0 Å². The third-order valence-corrected chi connectivity index (χ3v) is 3.52. The molecule has 112 valence electrons. The van der Waals surface area contributed by atoms with E-state index in [0.717, 1.165) is 22.6 Å². The lowest BCUT2D eigenvalue weighted by Gasteiger charge is -2.07. The quantitative estimate of drug-likeness (QED) is 0.599. The molecule has 0 aliphatic carbocycles. The topological polar surface area (TPSA) is 57.4 Å². The van der Waals surface area contributed by atoms with Gasteiger partial charge in [0.1, 0.15) is 18.1 Å². The number of hydrogen-bond donors (Lipinski definition) is 0. The van der Waals surface area contributed by atoms with Crippen LogP contribution in [0, 0.1) is 3.90 Å². The van der Waals surface area contributed by atoms with Crippen LogP contribution in [0.2, 0.25) is 0 Å². The Hall–Kier alpha value is -2.09. The maximum absolute atomic E-state index is 5.76. The standard InChI is InChI=1S/C16H13IN2O3/c1-20-13-6-2-11(3-7-13)10-21-14-8-4-12(5-9-14)15-18-16(17)22-19-15/h2-9H,10H2,1H3. The van der Waals surface area contributed by atoms with Gasteiger partial charge in [0, 0.05) is 28.2 Å². The van der Waals surface area contributed by atoms with Crippen molar-refractivity contribution >= 4 is 22.6 Å². The number of methoxy groups -OCH3 is 1. The van der Waals surface area contributed by atoms with Crippen LogP contribution in [0.4, 0.5) is 0 Å². The Balaban J connectivity index is 1.63. The summed E-state index contributed by atoms with van der Waals surface area (Å²) in [7, 11) is 1.65. The van der Waals surface area contributed by atoms with Crippen LogP contribution in [0.15, 0.2) is 53.1 Å². The largest absolute Gasteiger partial charge is 0.497 e. The highest BCUT2D eigenvalue weighted by Crippen LogP contribution is 2.21. The lowest BCUT2D eigenvalue weighted by Crippen LogP contribution is -1.95. The number of halogens is 1. The molecule has 3 rings (SSSR count). The van der Waals surface area contributed by atoms with Gasteiger partial charge in [0.2, 0.25) is 5.82 Å². The van der Waals surface area contributed by atoms with Crippen LogP contribution < -0.4 is 9.47 Å². The second-order valence-electron chi connectivity index (χ2n) is 4.53. The van der Waals surface area contributed by atoms with Crippen molar-refractivity contribution in [3.8, 4) is 22.9 Å². The molecular formula is C16H13IN2O3. The fourth-order valence-corrected chi connectivity index (χ4v) is 2.24. The summed E-state index contributed by atoms with van der Waals surface area (Å²) in [4.78, 5) is 4.18. The zero-order valence-corrected chi connectivity index (χ0v) is 14.0. The van der Waals surface area contributed by atoms with Crippen molar-refractivity contribution in [3.63, 3.8) is 0 Å². The van der Waals surface area contributed by atoms with E-state index in [4.69, 9.17) is 14.0 Å². The normalized spacial score (nSPS) is 10.5. The monoisotopic (exact) mass is 408 g/mol. The average Bonchev–Trinajstić information content (AvgIpc) is 3.00. The molecule has 0 aliphatic rings. The maximum atomic E-state index is 5.76. The molecule has 5 nitrogen and oxygen atoms in total. The minimum absolute atomic E-state index is 0.503. The first-order chi connectivity index (χ1) is 10.7. The Morgan fingerprint density at radius 3 is 2.27 bits per heavy atom. The van der Waals surface area contributed by atoms with Crippen LogP contribution in [-0.4, -0.2) is 17.3 Å². The Morgan fingerprint density at radius 1 is 1.00 bits per heavy atom. The zero-order valence-electron chi connectivity index (χ0n) is 11.8. The Kier molecular flexibility index (Phi) is 4.57. The van der Waals surface area contributed by atoms with Gasteiger partial charge in [-0.2, -0.15) is 4.98 Å². The van der Waals surface area contributed by atoms with Gasteiger partial charge in [-0.15, -0.1) is 0 Å². The summed E-state index contributed by atoms with van der Waals surface area (Å²) in [5.74, 6) is 2.20. The third kappa shape index (κ3) is 3.56. The Morgan fingerprint density at radius 2 is 1.68 bits per heavy atom. The highest BCUT2D eigenvalue weighted by molar-refractivity contribution is 14.1. The molecule has 6 heteroatoms. The number of ether oxygens (including phenoxy) is 2. The van der Waals surface area contributed by atoms with Gasteiger partial charge in [0.05, 0.1) is 7.11 Å². The van der Waals surface area contributed by atoms with Gasteiger partial charge in [-0.1, -0.05) is 17.3 Å². The summed E-state index contributed by atoms with van der Waals surface area (Å²) in [5.41, 5.74) is 1.97. The zero-order chi connectivity index (χ0) is 15.4. The molecule has 0 N–H and O–H groups in total. The molecule has 1 aromatic heterocycles. The van der Waals surface area contributed by atoms with Gasteiger partial charge in [-0.3, -0.25) is 0 Å². The molecule has 0 unspecified atom stereocenters. The summed E-state index contributed by atoms with van der Waals surface area (Å²) in [6.07, 6.45) is 0. The van der Waals surface area contributed by atoms with E-state index in [1.165, 1.54) is 0 Å². The van der Waals surface area contributed by atoms with E-state index in [0.29, 0.717) is 16.3 Å². The summed E-state index contributed by atoms with van der Waals surface area (Å²) >= 11 is 1.98. The third-order valence-electron chi connectivity index (χ3n) is 3.08. The van der Waals surface area contributed by atoms with E-state index in [9.17, 15) is 0 Å². The van der Waals surface area contributed by atoms with E-state index in [1.54, 1.807) is 7.11 Å². The second kappa shape index (κ2) is 6.78. The van der Waals surface area contributed by atoms with E-state index < -0.39 is 0 Å². The highest BCUT2D eigenvalue weighted by atomic mass is 127. The van der Waals surface area contributed by atoms with Crippen molar-refractivity contribution in [2.75, 3.05) is 7.11 Å². The molecule has 22 heavy (non-hydrogen) atoms. The molecule has 1 heterocycles. The van der Waals surface area contributed by atoms with E-state index in [1.807, 2.05) is 71.1 Å². The van der Waals surface area contributed by atoms with Crippen molar-refractivity contribution < 1.29 is 14.0 Å². The molecule has 0 amide bonds. The molecule has 2 aromatic carbocycles. The second-order valence-corrected chi connectivity index (χ2v) is 5.45. The fraction of sp³-hybridized carbons (Fsp3) is 0.125. The molecule has 0 saturated heterocycles. The van der Waals surface area contributed by atoms with Gasteiger partial charge in [0.15, 0.2) is 0 Å². The van der Waals surface area contributed by atoms with Crippen molar-refractivity contribution in [3.05, 3.63) is 58.0 Å². The SMILES string of the molecule is COc1ccc(COc2ccc(-c3noc(I)n3)cc2)cc1. The molecule has 0 saturated carbocycles. The van der Waals surface area contributed by atoms with Crippen molar-refractivity contribution in [1.82, 2.24) is 10.1 Å². The number of benzene rings is 2. The number of hydrogen-bond acceptors (Lipinski definition) is 5. The Labute approximate surface area is 141 Å². The van der Waals surface area contributed by atoms with Crippen LogP contribution in [0.3, 0.4) is 0 Å². The number of nitrogens with zero attached hydrogens (tertiary/aromatic N) is 2. The van der Waals surface area contributed by atoms with E-state index in [2.05, 4.69) is 10.1 Å². The average molecular weight is 408 g/mol. The van der Waals surface area contributed by atoms with Crippen LogP contribution in [0.25, 0.3) is 11.4 Å². The lowest BCUT2D eigenvalue weighted by atomic mass is 10.2. The minimum atomic E-state index is 0.503. The van der Waals surface area contributed by atoms with Gasteiger partial charge in [-0.25, -0.2) is 0 Å². The first-order valence-electron chi connectivity index (χ1n) is 6.60. The van der Waals surface area contributed by atoms with Gasteiger partial charge in [0.25, 0.3) is 3.90 Å². The maximum Gasteiger partial charge on any atom is 0.287 e. The summed E-state index contributed by atoms with van der Waals surface area (Å²) < 4.78 is 16.4. The van der Waals surface area contributed by atoms with Crippen molar-refractivity contribution in [2.24, 2.45) is 0 Å². The predicted octanol–water partition coefficient (Wildman–Crippen LogP) is 3.93. The summed E-state index contributed by atoms with van der Waals surface area (Å²) in [6.45, 7) is 0.503. The molecule has 0 aliphatic heterocycles. The first-order valence-corrected chi connectivity index (χ1v) is 7.68. The smallest absolute Gasteiger partial charge is 0.287 e. The molecule has 3 aromatic rings.